The second-order valence-electron chi connectivity index (χ2n) is 4.56. The minimum absolute atomic E-state index is 0. The summed E-state index contributed by atoms with van der Waals surface area (Å²) in [5, 5.41) is 0. The van der Waals surface area contributed by atoms with Gasteiger partial charge in [0.25, 0.3) is 0 Å². The molecule has 1 aromatic carbocycles. The maximum Gasteiger partial charge on any atom is 0.573 e. The lowest BCUT2D eigenvalue weighted by molar-refractivity contribution is -0.275. The molecule has 0 saturated carbocycles. The van der Waals surface area contributed by atoms with Gasteiger partial charge in [-0.05, 0) is 24.8 Å². The van der Waals surface area contributed by atoms with Gasteiger partial charge in [0.1, 0.15) is 5.75 Å². The molecule has 1 aliphatic rings. The second-order valence-corrected chi connectivity index (χ2v) is 4.56. The fourth-order valence-corrected chi connectivity index (χ4v) is 2.30. The molecule has 1 aliphatic heterocycles. The summed E-state index contributed by atoms with van der Waals surface area (Å²) in [5.74, 6) is -0.0966. The van der Waals surface area contributed by atoms with Crippen LogP contribution < -0.4 is 10.5 Å². The highest BCUT2D eigenvalue weighted by Gasteiger charge is 2.33. The summed E-state index contributed by atoms with van der Waals surface area (Å²) < 4.78 is 46.3. The summed E-state index contributed by atoms with van der Waals surface area (Å²) in [5.41, 5.74) is 6.48. The van der Waals surface area contributed by atoms with E-state index in [2.05, 4.69) is 4.74 Å². The second kappa shape index (κ2) is 7.15. The van der Waals surface area contributed by atoms with Crippen LogP contribution in [0.3, 0.4) is 0 Å². The minimum Gasteiger partial charge on any atom is -0.405 e. The molecule has 1 aromatic rings. The predicted octanol–water partition coefficient (Wildman–Crippen LogP) is 3.43. The molecule has 2 rings (SSSR count). The molecular weight excluding hydrogens is 295 g/mol. The number of ether oxygens (including phenoxy) is 2. The van der Waals surface area contributed by atoms with E-state index >= 15 is 0 Å². The number of hydrogen-bond acceptors (Lipinski definition) is 3. The highest BCUT2D eigenvalue weighted by Crippen LogP contribution is 2.35. The van der Waals surface area contributed by atoms with Crippen LogP contribution in [0.2, 0.25) is 0 Å². The fraction of sp³-hybridized carbons (Fsp3) is 0.538. The third kappa shape index (κ3) is 4.54. The van der Waals surface area contributed by atoms with Gasteiger partial charge >= 0.3 is 6.36 Å². The Morgan fingerprint density at radius 1 is 1.20 bits per heavy atom. The Hall–Kier alpha value is -0.980. The monoisotopic (exact) mass is 311 g/mol. The summed E-state index contributed by atoms with van der Waals surface area (Å²) in [6, 6.07) is 5.57. The van der Waals surface area contributed by atoms with Crippen molar-refractivity contribution in [1.82, 2.24) is 0 Å². The molecular formula is C13H17ClF3NO2. The van der Waals surface area contributed by atoms with E-state index < -0.39 is 12.4 Å². The largest absolute Gasteiger partial charge is 0.573 e. The first-order valence-electron chi connectivity index (χ1n) is 6.15. The Kier molecular flexibility index (Phi) is 6.10. The van der Waals surface area contributed by atoms with Crippen molar-refractivity contribution < 1.29 is 22.6 Å². The van der Waals surface area contributed by atoms with Gasteiger partial charge in [-0.15, -0.1) is 25.6 Å². The molecule has 0 unspecified atom stereocenters. The van der Waals surface area contributed by atoms with Crippen LogP contribution in [0, 0.1) is 5.92 Å². The highest BCUT2D eigenvalue weighted by molar-refractivity contribution is 5.85. The van der Waals surface area contributed by atoms with Crippen molar-refractivity contribution in [2.75, 3.05) is 13.2 Å². The van der Waals surface area contributed by atoms with Crippen molar-refractivity contribution in [2.24, 2.45) is 11.7 Å². The third-order valence-electron chi connectivity index (χ3n) is 3.28. The van der Waals surface area contributed by atoms with Crippen molar-refractivity contribution in [3.8, 4) is 5.75 Å². The van der Waals surface area contributed by atoms with Crippen LogP contribution in [0.1, 0.15) is 24.4 Å². The first-order chi connectivity index (χ1) is 8.97. The van der Waals surface area contributed by atoms with Crippen molar-refractivity contribution in [1.29, 1.82) is 0 Å². The maximum atomic E-state index is 12.3. The van der Waals surface area contributed by atoms with E-state index in [0.717, 1.165) is 12.8 Å². The van der Waals surface area contributed by atoms with E-state index in [4.69, 9.17) is 10.5 Å². The van der Waals surface area contributed by atoms with Gasteiger partial charge < -0.3 is 15.2 Å². The molecule has 1 heterocycles. The average Bonchev–Trinajstić information content (AvgIpc) is 2.38. The first-order valence-corrected chi connectivity index (χ1v) is 6.15. The lowest BCUT2D eigenvalue weighted by Crippen LogP contribution is -2.28. The van der Waals surface area contributed by atoms with Gasteiger partial charge in [-0.1, -0.05) is 18.2 Å². The Labute approximate surface area is 121 Å². The van der Waals surface area contributed by atoms with Crippen molar-refractivity contribution in [3.63, 3.8) is 0 Å². The number of alkyl halides is 3. The summed E-state index contributed by atoms with van der Waals surface area (Å²) in [7, 11) is 0. The zero-order chi connectivity index (χ0) is 13.9. The molecule has 1 saturated heterocycles. The van der Waals surface area contributed by atoms with Gasteiger partial charge in [-0.3, -0.25) is 0 Å². The zero-order valence-electron chi connectivity index (χ0n) is 10.7. The third-order valence-corrected chi connectivity index (χ3v) is 3.28. The van der Waals surface area contributed by atoms with Gasteiger partial charge in [0.15, 0.2) is 0 Å². The summed E-state index contributed by atoms with van der Waals surface area (Å²) in [6.45, 7) is 1.20. The number of para-hydroxylation sites is 1. The standard InChI is InChI=1S/C13H16F3NO2.ClH/c14-13(15,16)19-11-4-2-1-3-10(11)12(17)9-5-7-18-8-6-9;/h1-4,9,12H,5-8,17H2;1H/t12-;/m1./s1. The van der Waals surface area contributed by atoms with E-state index in [1.165, 1.54) is 12.1 Å². The summed E-state index contributed by atoms with van der Waals surface area (Å²) in [4.78, 5) is 0. The molecule has 114 valence electrons. The number of nitrogens with two attached hydrogens (primary N) is 1. The zero-order valence-corrected chi connectivity index (χ0v) is 11.5. The molecule has 1 atom stereocenters. The van der Waals surface area contributed by atoms with Crippen LogP contribution in [0.4, 0.5) is 13.2 Å². The minimum atomic E-state index is -4.70. The Morgan fingerprint density at radius 2 is 1.80 bits per heavy atom. The van der Waals surface area contributed by atoms with Gasteiger partial charge in [-0.25, -0.2) is 0 Å². The van der Waals surface area contributed by atoms with E-state index in [-0.39, 0.29) is 24.1 Å². The average molecular weight is 312 g/mol. The number of benzene rings is 1. The highest BCUT2D eigenvalue weighted by atomic mass is 35.5. The molecule has 3 nitrogen and oxygen atoms in total. The van der Waals surface area contributed by atoms with Crippen LogP contribution in [0.15, 0.2) is 24.3 Å². The van der Waals surface area contributed by atoms with Crippen molar-refractivity contribution >= 4 is 12.4 Å². The Morgan fingerprint density at radius 3 is 2.40 bits per heavy atom. The molecule has 7 heteroatoms. The van der Waals surface area contributed by atoms with Gasteiger partial charge in [-0.2, -0.15) is 0 Å². The topological polar surface area (TPSA) is 44.5 Å². The molecule has 0 radical (unpaired) electrons. The van der Waals surface area contributed by atoms with E-state index in [0.29, 0.717) is 18.8 Å². The van der Waals surface area contributed by atoms with E-state index in [1.807, 2.05) is 0 Å². The van der Waals surface area contributed by atoms with Gasteiger partial charge in [0.05, 0.1) is 0 Å². The normalized spacial score (nSPS) is 18.2. The van der Waals surface area contributed by atoms with Crippen LogP contribution in [-0.4, -0.2) is 19.6 Å². The molecule has 0 bridgehead atoms. The molecule has 0 aliphatic carbocycles. The summed E-state index contributed by atoms with van der Waals surface area (Å²) in [6.07, 6.45) is -3.20. The molecule has 0 spiro atoms. The molecule has 20 heavy (non-hydrogen) atoms. The van der Waals surface area contributed by atoms with Crippen LogP contribution in [-0.2, 0) is 4.74 Å². The SMILES string of the molecule is Cl.N[C@@H](c1ccccc1OC(F)(F)F)C1CCOCC1. The lowest BCUT2D eigenvalue weighted by Gasteiger charge is -2.29. The lowest BCUT2D eigenvalue weighted by atomic mass is 9.87. The number of rotatable bonds is 3. The quantitative estimate of drug-likeness (QED) is 0.930. The Bertz CT molecular complexity index is 422. The van der Waals surface area contributed by atoms with Crippen LogP contribution in [0.25, 0.3) is 0 Å². The van der Waals surface area contributed by atoms with E-state index in [1.54, 1.807) is 12.1 Å². The molecule has 2 N–H and O–H groups in total. The fourth-order valence-electron chi connectivity index (χ4n) is 2.30. The first kappa shape index (κ1) is 17.1. The predicted molar refractivity (Wildman–Crippen MR) is 70.8 cm³/mol. The smallest absolute Gasteiger partial charge is 0.405 e. The van der Waals surface area contributed by atoms with Crippen molar-refractivity contribution in [3.05, 3.63) is 29.8 Å². The van der Waals surface area contributed by atoms with Crippen LogP contribution >= 0.6 is 12.4 Å². The van der Waals surface area contributed by atoms with Gasteiger partial charge in [0, 0.05) is 24.8 Å². The van der Waals surface area contributed by atoms with Crippen molar-refractivity contribution in [2.45, 2.75) is 25.2 Å². The number of halogens is 4. The van der Waals surface area contributed by atoms with Gasteiger partial charge in [0.2, 0.25) is 0 Å². The van der Waals surface area contributed by atoms with E-state index in [9.17, 15) is 13.2 Å². The molecule has 1 fully saturated rings. The summed E-state index contributed by atoms with van der Waals surface area (Å²) >= 11 is 0. The molecule has 0 amide bonds. The van der Waals surface area contributed by atoms with Crippen LogP contribution in [0.5, 0.6) is 5.75 Å². The maximum absolute atomic E-state index is 12.3. The molecule has 0 aromatic heterocycles. The number of hydrogen-bond donors (Lipinski definition) is 1. The Balaban J connectivity index is 0.00000200.